The van der Waals surface area contributed by atoms with Gasteiger partial charge in [-0.2, -0.15) is 24.9 Å². The summed E-state index contributed by atoms with van der Waals surface area (Å²) in [6.07, 6.45) is -4.32. The molecule has 1 N–H and O–H groups in total. The van der Waals surface area contributed by atoms with Gasteiger partial charge in [-0.1, -0.05) is 0 Å². The highest BCUT2D eigenvalue weighted by atomic mass is 32.2. The van der Waals surface area contributed by atoms with Gasteiger partial charge in [0.25, 0.3) is 0 Å². The fraction of sp³-hybridized carbons (Fsp3) is 0.625. The van der Waals surface area contributed by atoms with Crippen molar-refractivity contribution >= 4 is 23.1 Å². The lowest BCUT2D eigenvalue weighted by molar-refractivity contribution is -0.140. The van der Waals surface area contributed by atoms with Gasteiger partial charge < -0.3 is 5.32 Å². The molecule has 2 nitrogen and oxygen atoms in total. The first-order valence-electron chi connectivity index (χ1n) is 4.41. The number of halogens is 3. The van der Waals surface area contributed by atoms with Crippen LogP contribution in [0.2, 0.25) is 0 Å². The van der Waals surface area contributed by atoms with Gasteiger partial charge in [0.1, 0.15) is 5.01 Å². The van der Waals surface area contributed by atoms with Crippen LogP contribution in [0.5, 0.6) is 0 Å². The van der Waals surface area contributed by atoms with Crippen LogP contribution in [0.15, 0.2) is 5.38 Å². The van der Waals surface area contributed by atoms with Crippen molar-refractivity contribution < 1.29 is 13.2 Å². The molecule has 0 saturated carbocycles. The molecule has 1 aliphatic heterocycles. The van der Waals surface area contributed by atoms with Crippen LogP contribution in [0.25, 0.3) is 0 Å². The van der Waals surface area contributed by atoms with Crippen molar-refractivity contribution in [3.05, 3.63) is 16.1 Å². The first-order chi connectivity index (χ1) is 7.07. The number of aromatic nitrogens is 1. The summed E-state index contributed by atoms with van der Waals surface area (Å²) in [5, 5.41) is 4.78. The van der Waals surface area contributed by atoms with Crippen molar-refractivity contribution in [1.82, 2.24) is 10.3 Å². The van der Waals surface area contributed by atoms with Gasteiger partial charge in [0.2, 0.25) is 0 Å². The van der Waals surface area contributed by atoms with E-state index in [1.807, 2.05) is 0 Å². The predicted octanol–water partition coefficient (Wildman–Crippen LogP) is 2.54. The Morgan fingerprint density at radius 2 is 2.27 bits per heavy atom. The molecule has 1 unspecified atom stereocenters. The number of thioether (sulfide) groups is 1. The van der Waals surface area contributed by atoms with E-state index in [2.05, 4.69) is 10.3 Å². The summed E-state index contributed by atoms with van der Waals surface area (Å²) in [6.45, 7) is 0.830. The van der Waals surface area contributed by atoms with Crippen molar-refractivity contribution in [2.24, 2.45) is 0 Å². The van der Waals surface area contributed by atoms with Crippen molar-refractivity contribution in [1.29, 1.82) is 0 Å². The van der Waals surface area contributed by atoms with Crippen LogP contribution < -0.4 is 5.32 Å². The van der Waals surface area contributed by atoms with Crippen molar-refractivity contribution in [2.75, 3.05) is 18.1 Å². The predicted molar refractivity (Wildman–Crippen MR) is 55.2 cm³/mol. The lowest BCUT2D eigenvalue weighted by Gasteiger charge is -2.20. The maximum atomic E-state index is 12.3. The first kappa shape index (κ1) is 11.2. The molecule has 1 aliphatic rings. The molecule has 84 valence electrons. The summed E-state index contributed by atoms with van der Waals surface area (Å²) in [5.41, 5.74) is -0.778. The van der Waals surface area contributed by atoms with Gasteiger partial charge in [0.15, 0.2) is 5.69 Å². The molecule has 0 amide bonds. The largest absolute Gasteiger partial charge is 0.434 e. The van der Waals surface area contributed by atoms with Crippen LogP contribution in [0.4, 0.5) is 13.2 Å². The van der Waals surface area contributed by atoms with Crippen LogP contribution >= 0.6 is 23.1 Å². The van der Waals surface area contributed by atoms with E-state index in [1.54, 1.807) is 11.8 Å². The summed E-state index contributed by atoms with van der Waals surface area (Å²) in [4.78, 5) is 3.62. The van der Waals surface area contributed by atoms with Crippen LogP contribution in [-0.2, 0) is 6.18 Å². The van der Waals surface area contributed by atoms with Gasteiger partial charge >= 0.3 is 6.18 Å². The number of thiazole rings is 1. The number of alkyl halides is 3. The Morgan fingerprint density at radius 3 is 2.80 bits per heavy atom. The molecule has 2 rings (SSSR count). The number of hydrogen-bond acceptors (Lipinski definition) is 4. The lowest BCUT2D eigenvalue weighted by atomic mass is 10.3. The van der Waals surface area contributed by atoms with Gasteiger partial charge in [0.05, 0.1) is 6.04 Å². The Hall–Kier alpha value is -0.270. The maximum absolute atomic E-state index is 12.3. The third-order valence-corrected chi connectivity index (χ3v) is 4.05. The number of rotatable bonds is 1. The number of nitrogens with one attached hydrogen (secondary N) is 1. The zero-order valence-corrected chi connectivity index (χ0v) is 9.31. The molecule has 1 fully saturated rings. The molecular formula is C8H9F3N2S2. The van der Waals surface area contributed by atoms with Crippen LogP contribution in [0.3, 0.4) is 0 Å². The number of nitrogens with zero attached hydrogens (tertiary/aromatic N) is 1. The molecular weight excluding hydrogens is 245 g/mol. The smallest absolute Gasteiger partial charge is 0.306 e. The molecule has 2 heterocycles. The Kier molecular flexibility index (Phi) is 3.22. The zero-order valence-electron chi connectivity index (χ0n) is 7.67. The van der Waals surface area contributed by atoms with Gasteiger partial charge in [0, 0.05) is 23.4 Å². The van der Waals surface area contributed by atoms with E-state index < -0.39 is 11.9 Å². The van der Waals surface area contributed by atoms with E-state index in [0.29, 0.717) is 5.01 Å². The van der Waals surface area contributed by atoms with E-state index in [1.165, 1.54) is 0 Å². The lowest BCUT2D eigenvalue weighted by Crippen LogP contribution is -2.30. The Bertz CT molecular complexity index is 331. The van der Waals surface area contributed by atoms with Crippen molar-refractivity contribution in [3.8, 4) is 0 Å². The van der Waals surface area contributed by atoms with E-state index in [9.17, 15) is 13.2 Å². The van der Waals surface area contributed by atoms with E-state index >= 15 is 0 Å². The summed E-state index contributed by atoms with van der Waals surface area (Å²) in [6, 6.07) is -0.0233. The highest BCUT2D eigenvalue weighted by Crippen LogP contribution is 2.32. The van der Waals surface area contributed by atoms with Crippen molar-refractivity contribution in [2.45, 2.75) is 12.2 Å². The monoisotopic (exact) mass is 254 g/mol. The molecule has 1 aromatic rings. The molecule has 1 aromatic heterocycles. The second-order valence-electron chi connectivity index (χ2n) is 3.15. The van der Waals surface area contributed by atoms with Gasteiger partial charge in [-0.3, -0.25) is 0 Å². The number of hydrogen-bond donors (Lipinski definition) is 1. The Balaban J connectivity index is 2.12. The molecule has 0 spiro atoms. The molecule has 15 heavy (non-hydrogen) atoms. The second-order valence-corrected chi connectivity index (χ2v) is 5.19. The quantitative estimate of drug-likeness (QED) is 0.833. The van der Waals surface area contributed by atoms with Gasteiger partial charge in [-0.05, 0) is 0 Å². The molecule has 0 radical (unpaired) electrons. The van der Waals surface area contributed by atoms with Crippen molar-refractivity contribution in [3.63, 3.8) is 0 Å². The van der Waals surface area contributed by atoms with E-state index in [4.69, 9.17) is 0 Å². The highest BCUT2D eigenvalue weighted by molar-refractivity contribution is 7.99. The average molecular weight is 254 g/mol. The molecule has 1 atom stereocenters. The van der Waals surface area contributed by atoms with Crippen LogP contribution in [-0.4, -0.2) is 23.0 Å². The third-order valence-electron chi connectivity index (χ3n) is 2.03. The molecule has 0 bridgehead atoms. The van der Waals surface area contributed by atoms with Crippen LogP contribution in [0.1, 0.15) is 16.7 Å². The van der Waals surface area contributed by atoms with Crippen LogP contribution in [0, 0.1) is 0 Å². The summed E-state index contributed by atoms with van der Waals surface area (Å²) >= 11 is 2.81. The normalized spacial score (nSPS) is 23.0. The van der Waals surface area contributed by atoms with Gasteiger partial charge in [-0.15, -0.1) is 11.3 Å². The topological polar surface area (TPSA) is 24.9 Å². The minimum atomic E-state index is -4.32. The molecule has 7 heteroatoms. The Labute approximate surface area is 93.3 Å². The summed E-state index contributed by atoms with van der Waals surface area (Å²) < 4.78 is 36.9. The minimum absolute atomic E-state index is 0.0233. The SMILES string of the molecule is FC(F)(F)c1csc(C2CSCCN2)n1. The van der Waals surface area contributed by atoms with E-state index in [0.717, 1.165) is 34.8 Å². The zero-order chi connectivity index (χ0) is 10.9. The fourth-order valence-corrected chi connectivity index (χ4v) is 3.25. The standard InChI is InChI=1S/C8H9F3N2S2/c9-8(10,11)6-4-15-7(13-6)5-3-14-2-1-12-5/h4-5,12H,1-3H2. The molecule has 0 aromatic carbocycles. The van der Waals surface area contributed by atoms with Gasteiger partial charge in [-0.25, -0.2) is 4.98 Å². The first-order valence-corrected chi connectivity index (χ1v) is 6.44. The average Bonchev–Trinajstić information content (AvgIpc) is 2.67. The fourth-order valence-electron chi connectivity index (χ4n) is 1.30. The minimum Gasteiger partial charge on any atom is -0.306 e. The maximum Gasteiger partial charge on any atom is 0.434 e. The molecule has 0 aliphatic carbocycles. The highest BCUT2D eigenvalue weighted by Gasteiger charge is 2.34. The summed E-state index contributed by atoms with van der Waals surface area (Å²) in [7, 11) is 0. The third kappa shape index (κ3) is 2.64. The summed E-state index contributed by atoms with van der Waals surface area (Å²) in [5.74, 6) is 1.80. The second kappa shape index (κ2) is 4.31. The Morgan fingerprint density at radius 1 is 1.47 bits per heavy atom. The molecule has 1 saturated heterocycles. The van der Waals surface area contributed by atoms with E-state index in [-0.39, 0.29) is 6.04 Å².